The predicted octanol–water partition coefficient (Wildman–Crippen LogP) is 8.24. The first-order valence-corrected chi connectivity index (χ1v) is 39.2. The Kier molecular flexibility index (Phi) is 51.2. The topological polar surface area (TPSA) is 529 Å². The Balaban J connectivity index is 0.000000397. The van der Waals surface area contributed by atoms with Gasteiger partial charge >= 0.3 is 41.8 Å². The quantitative estimate of drug-likeness (QED) is 0.0107. The van der Waals surface area contributed by atoms with Crippen molar-refractivity contribution in [2.75, 3.05) is 67.0 Å². The van der Waals surface area contributed by atoms with Crippen LogP contribution >= 0.6 is 0 Å². The number of azide groups is 2. The van der Waals surface area contributed by atoms with E-state index in [1.165, 1.54) is 48.8 Å². The van der Waals surface area contributed by atoms with Crippen LogP contribution in [0.2, 0.25) is 0 Å². The van der Waals surface area contributed by atoms with Gasteiger partial charge in [-0.2, -0.15) is 0 Å². The summed E-state index contributed by atoms with van der Waals surface area (Å²) in [7, 11) is 2.67. The molecular formula is C87H117N7O29. The van der Waals surface area contributed by atoms with E-state index in [4.69, 9.17) is 86.9 Å². The molecule has 0 radical (unpaired) electrons. The minimum absolute atomic E-state index is 0. The first-order valence-electron chi connectivity index (χ1n) is 39.2. The molecule has 6 aromatic carbocycles. The van der Waals surface area contributed by atoms with Gasteiger partial charge in [-0.15, -0.1) is 0 Å². The molecule has 123 heavy (non-hydrogen) atoms. The molecule has 0 spiro atoms. The number of benzene rings is 6. The minimum Gasteiger partial charge on any atom is -0.467 e. The summed E-state index contributed by atoms with van der Waals surface area (Å²) in [6.45, 7) is 14.2. The van der Waals surface area contributed by atoms with Crippen LogP contribution in [-0.2, 0) is 147 Å². The third-order valence-corrected chi connectivity index (χ3v) is 19.3. The van der Waals surface area contributed by atoms with E-state index < -0.39 is 66.5 Å². The Morgan fingerprint density at radius 3 is 1.20 bits per heavy atom. The van der Waals surface area contributed by atoms with Gasteiger partial charge in [0.1, 0.15) is 38.1 Å². The Labute approximate surface area is 714 Å². The number of hydrogen-bond donors (Lipinski definition) is 1. The van der Waals surface area contributed by atoms with Crippen molar-refractivity contribution in [1.82, 2.24) is 5.32 Å². The van der Waals surface area contributed by atoms with Gasteiger partial charge in [0.25, 0.3) is 0 Å². The average Bonchev–Trinajstić information content (AvgIpc) is 0.834. The second-order valence-corrected chi connectivity index (χ2v) is 28.3. The van der Waals surface area contributed by atoms with E-state index in [-0.39, 0.29) is 159 Å². The van der Waals surface area contributed by atoms with Gasteiger partial charge in [0.2, 0.25) is 0 Å². The summed E-state index contributed by atoms with van der Waals surface area (Å²) >= 11 is 0. The van der Waals surface area contributed by atoms with Gasteiger partial charge in [-0.05, 0) is 45.8 Å². The molecule has 0 aromatic heterocycles. The van der Waals surface area contributed by atoms with Crippen LogP contribution in [0.5, 0.6) is 0 Å². The zero-order valence-electron chi connectivity index (χ0n) is 70.5. The largest absolute Gasteiger partial charge is 0.467 e. The first kappa shape index (κ1) is 106. The van der Waals surface area contributed by atoms with E-state index in [0.717, 1.165) is 27.8 Å². The smallest absolute Gasteiger partial charge is 0.335 e. The number of hydrogen-bond acceptors (Lipinski definition) is 28. The number of carbonyl (C=O) groups is 8. The summed E-state index contributed by atoms with van der Waals surface area (Å²) in [6.07, 6.45) is -3.22. The summed E-state index contributed by atoms with van der Waals surface area (Å²) in [5.41, 5.74) is 23.1. The number of ether oxygens (including phenoxy) is 17. The fourth-order valence-electron chi connectivity index (χ4n) is 13.2. The third-order valence-electron chi connectivity index (χ3n) is 19.3. The summed E-state index contributed by atoms with van der Waals surface area (Å²) in [5, 5.41) is 10.6. The average molecular weight is 1720 g/mol. The van der Waals surface area contributed by atoms with Gasteiger partial charge in [-0.25, -0.2) is 9.59 Å². The van der Waals surface area contributed by atoms with Gasteiger partial charge in [0.15, 0.2) is 24.1 Å². The Hall–Kier alpha value is -10.7. The van der Waals surface area contributed by atoms with Crippen LogP contribution in [0.4, 0.5) is 0 Å². The highest BCUT2D eigenvalue weighted by atomic mass is 16.6. The number of nitrogens with zero attached hydrogens (tertiary/aromatic N) is 6. The Morgan fingerprint density at radius 1 is 0.407 bits per heavy atom. The summed E-state index contributed by atoms with van der Waals surface area (Å²) in [6, 6.07) is 57.4. The van der Waals surface area contributed by atoms with Crippen molar-refractivity contribution in [2.45, 2.75) is 205 Å². The summed E-state index contributed by atoms with van der Waals surface area (Å²) in [4.78, 5) is 96.5. The molecule has 36 nitrogen and oxygen atoms in total. The minimum atomic E-state index is -0.697. The molecule has 5 heterocycles. The standard InChI is InChI=1S/C24H29NO5.C21H24O5.C16H21N3O4.C16H20O6.C10H15N3O5.4H2O/c1-17-24(25-14-22(27)20-11-7-4-8-12-20)23(13-21(30-17)16-28-18(2)26)29-15-19-9-5-3-6-10-19;1-23-21(22)19-12-18(24-13-16-8-4-2-5-9-16)20(15-26-19)25-14-17-10-6-3-7-11-17;1-11-15(10-21-12(2)20)22-9-14(18-19-17)16(11)23-8-13-6-4-3-5-7-13;1-11(17)22-15-10-21-14(16(18)19-2)8-13(15)20-9-12-6-4-3-5-7-12;1-6(14)16-4-8-3-10(18-7(2)15)9(5-17-8)12-13-11;;;;/h3-12,17,21,23-25H,13-16H2,1-2H3;2-11,18-20H,12-15H2,1H3;3-7,11,14-16H,8-10H2,1-2H3;3-7,13-15H,8-10H2,1-2H3;8-10H,3-5H2,1-2H3;4*1H2/t17-,21?,23?,24?;;11-,14?,15?,16?;;;;;;/m1.1....../s1. The highest BCUT2D eigenvalue weighted by Crippen LogP contribution is 2.30. The lowest BCUT2D eigenvalue weighted by Crippen LogP contribution is -2.57. The molecule has 0 amide bonds. The van der Waals surface area contributed by atoms with E-state index in [1.54, 1.807) is 0 Å². The Bertz CT molecular complexity index is 4130. The van der Waals surface area contributed by atoms with Crippen LogP contribution in [0.1, 0.15) is 112 Å². The van der Waals surface area contributed by atoms with E-state index in [2.05, 4.69) is 30.1 Å². The van der Waals surface area contributed by atoms with Crippen molar-refractivity contribution >= 4 is 47.6 Å². The number of nitrogens with one attached hydrogen (secondary N) is 1. The highest BCUT2D eigenvalue weighted by molar-refractivity contribution is 5.97. The molecule has 674 valence electrons. The number of methoxy groups -OCH3 is 2. The van der Waals surface area contributed by atoms with Gasteiger partial charge in [0, 0.05) is 81.6 Å². The van der Waals surface area contributed by atoms with Crippen molar-refractivity contribution in [1.29, 1.82) is 0 Å². The molecule has 9 N–H and O–H groups in total. The van der Waals surface area contributed by atoms with Crippen molar-refractivity contribution in [2.24, 2.45) is 16.1 Å². The van der Waals surface area contributed by atoms with Crippen molar-refractivity contribution in [3.8, 4) is 0 Å². The third kappa shape index (κ3) is 39.1. The molecule has 5 fully saturated rings. The fourth-order valence-corrected chi connectivity index (χ4v) is 13.2. The number of rotatable bonds is 31. The fraction of sp³-hybridized carbons (Fsp3) is 0.494. The van der Waals surface area contributed by atoms with Crippen molar-refractivity contribution < 1.29 is 141 Å². The number of esters is 7. The molecule has 36 heteroatoms. The van der Waals surface area contributed by atoms with Gasteiger partial charge in [-0.3, -0.25) is 28.8 Å². The number of ketones is 1. The van der Waals surface area contributed by atoms with Gasteiger partial charge in [0.05, 0.1) is 141 Å². The normalized spacial score (nSPS) is 24.0. The number of Topliss-reactive ketones (excluding diaryl/α,β-unsaturated/α-hetero) is 1. The van der Waals surface area contributed by atoms with Crippen LogP contribution in [0.3, 0.4) is 0 Å². The van der Waals surface area contributed by atoms with Crippen molar-refractivity contribution in [3.05, 3.63) is 236 Å². The molecule has 6 aromatic rings. The zero-order chi connectivity index (χ0) is 85.7. The molecule has 17 atom stereocenters. The predicted molar refractivity (Wildman–Crippen MR) is 444 cm³/mol. The van der Waals surface area contributed by atoms with Crippen LogP contribution in [0.25, 0.3) is 20.9 Å². The molecule has 11 rings (SSSR count). The van der Waals surface area contributed by atoms with E-state index in [1.807, 2.05) is 196 Å². The lowest BCUT2D eigenvalue weighted by Gasteiger charge is -2.40. The van der Waals surface area contributed by atoms with E-state index >= 15 is 0 Å². The first-order chi connectivity index (χ1) is 57.5. The monoisotopic (exact) mass is 1720 g/mol. The maximum Gasteiger partial charge on any atom is 0.335 e. The molecule has 5 saturated heterocycles. The number of carbonyl (C=O) groups excluding carboxylic acids is 8. The second-order valence-electron chi connectivity index (χ2n) is 28.3. The van der Waals surface area contributed by atoms with E-state index in [9.17, 15) is 38.4 Å². The molecule has 0 saturated carbocycles. The second kappa shape index (κ2) is 59.2. The molecule has 15 unspecified atom stereocenters. The van der Waals surface area contributed by atoms with Crippen LogP contribution in [-0.4, -0.2) is 234 Å². The van der Waals surface area contributed by atoms with Gasteiger partial charge < -0.3 is 108 Å². The molecule has 0 bridgehead atoms. The maximum atomic E-state index is 12.5. The molecule has 5 aliphatic heterocycles. The van der Waals surface area contributed by atoms with Crippen molar-refractivity contribution in [3.63, 3.8) is 0 Å². The molecular weight excluding hydrogens is 1610 g/mol. The van der Waals surface area contributed by atoms with Crippen LogP contribution in [0, 0.1) is 5.92 Å². The van der Waals surface area contributed by atoms with E-state index in [0.29, 0.717) is 64.5 Å². The maximum absolute atomic E-state index is 12.5. The van der Waals surface area contributed by atoms with Gasteiger partial charge in [-0.1, -0.05) is 199 Å². The van der Waals surface area contributed by atoms with Crippen LogP contribution in [0.15, 0.2) is 192 Å². The SMILES string of the molecule is CC(=O)OCC1CC(OC(C)=O)C(N=[N+]=[N-])CO1.CC(=O)OCC1CC(OCc2ccccc2)C(NCC(=O)c2ccccc2)[C@@H](C)O1.CC(=O)OCC1OCC(N=[N+]=[N-])C(OCc2ccccc2)[C@@H]1C.COC(=O)C1CC(OCc2ccccc2)C(OC(C)=O)CO1.COC(=O)C1CC(OCc2ccccc2)C(OCc2ccccc2)CO1.O.O.O.O. The highest BCUT2D eigenvalue weighted by Gasteiger charge is 2.42. The lowest BCUT2D eigenvalue weighted by atomic mass is 9.90. The van der Waals surface area contributed by atoms with Crippen LogP contribution < -0.4 is 5.32 Å². The summed E-state index contributed by atoms with van der Waals surface area (Å²) < 4.78 is 93.1. The lowest BCUT2D eigenvalue weighted by molar-refractivity contribution is -0.192. The molecule has 5 aliphatic rings. The Morgan fingerprint density at radius 2 is 0.772 bits per heavy atom. The zero-order valence-corrected chi connectivity index (χ0v) is 70.5. The summed E-state index contributed by atoms with van der Waals surface area (Å²) in [5.74, 6) is -2.81. The molecule has 0 aliphatic carbocycles.